The molecule has 1 atom stereocenters. The average molecular weight is 284 g/mol. The van der Waals surface area contributed by atoms with E-state index >= 15 is 0 Å². The highest BCUT2D eigenvalue weighted by Gasteiger charge is 2.34. The summed E-state index contributed by atoms with van der Waals surface area (Å²) in [5.41, 5.74) is 4.88. The molecule has 0 spiro atoms. The Morgan fingerprint density at radius 2 is 2.14 bits per heavy atom. The fraction of sp³-hybridized carbons (Fsp3) is 0.438. The Kier molecular flexibility index (Phi) is 3.27. The molecule has 21 heavy (non-hydrogen) atoms. The zero-order valence-electron chi connectivity index (χ0n) is 12.9. The van der Waals surface area contributed by atoms with E-state index in [-0.39, 0.29) is 11.9 Å². The molecule has 1 aliphatic rings. The molecule has 1 unspecified atom stereocenters. The van der Waals surface area contributed by atoms with Gasteiger partial charge in [0.25, 0.3) is 5.91 Å². The number of fused-ring (bicyclic) bond motifs is 1. The van der Waals surface area contributed by atoms with Crippen LogP contribution in [0.1, 0.15) is 52.9 Å². The predicted molar refractivity (Wildman–Crippen MR) is 79.9 cm³/mol. The van der Waals surface area contributed by atoms with Crippen LogP contribution in [0.5, 0.6) is 0 Å². The Hall–Kier alpha value is -2.17. The van der Waals surface area contributed by atoms with Gasteiger partial charge in [-0.15, -0.1) is 0 Å². The van der Waals surface area contributed by atoms with Gasteiger partial charge in [-0.25, -0.2) is 0 Å². The van der Waals surface area contributed by atoms with Gasteiger partial charge in [-0.3, -0.25) is 14.5 Å². The molecule has 0 N–H and O–H groups in total. The zero-order chi connectivity index (χ0) is 15.1. The van der Waals surface area contributed by atoms with Crippen molar-refractivity contribution < 1.29 is 4.79 Å². The highest BCUT2D eigenvalue weighted by molar-refractivity contribution is 5.98. The van der Waals surface area contributed by atoms with E-state index < -0.39 is 0 Å². The first-order valence-corrected chi connectivity index (χ1v) is 7.33. The van der Waals surface area contributed by atoms with Crippen LogP contribution in [-0.4, -0.2) is 25.6 Å². The molecule has 2 aromatic heterocycles. The van der Waals surface area contributed by atoms with Gasteiger partial charge in [0.05, 0.1) is 29.5 Å². The molecule has 1 amide bonds. The fourth-order valence-corrected chi connectivity index (χ4v) is 3.24. The molecule has 0 radical (unpaired) electrons. The zero-order valence-corrected chi connectivity index (χ0v) is 12.9. The summed E-state index contributed by atoms with van der Waals surface area (Å²) >= 11 is 0. The van der Waals surface area contributed by atoms with Gasteiger partial charge in [-0.2, -0.15) is 5.10 Å². The highest BCUT2D eigenvalue weighted by Crippen LogP contribution is 2.32. The molecule has 0 fully saturated rings. The van der Waals surface area contributed by atoms with E-state index in [1.807, 2.05) is 28.6 Å². The number of nitrogens with zero attached hydrogens (tertiary/aromatic N) is 4. The Morgan fingerprint density at radius 1 is 1.38 bits per heavy atom. The second-order valence-electron chi connectivity index (χ2n) is 5.51. The van der Waals surface area contributed by atoms with Crippen LogP contribution in [-0.2, 0) is 13.1 Å². The van der Waals surface area contributed by atoms with E-state index in [0.29, 0.717) is 6.54 Å². The number of aryl methyl sites for hydroxylation is 2. The summed E-state index contributed by atoms with van der Waals surface area (Å²) in [5, 5.41) is 4.56. The largest absolute Gasteiger partial charge is 0.326 e. The minimum absolute atomic E-state index is 0.00648. The number of hydrogen-bond donors (Lipinski definition) is 0. The lowest BCUT2D eigenvalue weighted by atomic mass is 10.1. The van der Waals surface area contributed by atoms with Gasteiger partial charge in [-0.1, -0.05) is 0 Å². The number of carbonyl (C=O) groups excluding carboxylic acids is 1. The standard InChI is InChI=1S/C16H20N4O/c1-5-20-12(4)15(10(2)18-20)11(3)19-9-14-13(16(19)21)7-6-8-17-14/h6-8,11H,5,9H2,1-4H3. The van der Waals surface area contributed by atoms with E-state index in [1.165, 1.54) is 0 Å². The number of aromatic nitrogens is 3. The quantitative estimate of drug-likeness (QED) is 0.870. The van der Waals surface area contributed by atoms with Crippen molar-refractivity contribution in [1.82, 2.24) is 19.7 Å². The maximum Gasteiger partial charge on any atom is 0.256 e. The van der Waals surface area contributed by atoms with Gasteiger partial charge in [-0.05, 0) is 39.8 Å². The Morgan fingerprint density at radius 3 is 2.76 bits per heavy atom. The lowest BCUT2D eigenvalue weighted by Gasteiger charge is -2.24. The van der Waals surface area contributed by atoms with Crippen molar-refractivity contribution in [3.63, 3.8) is 0 Å². The van der Waals surface area contributed by atoms with E-state index in [4.69, 9.17) is 0 Å². The van der Waals surface area contributed by atoms with Gasteiger partial charge < -0.3 is 4.90 Å². The van der Waals surface area contributed by atoms with E-state index in [0.717, 1.165) is 34.8 Å². The molecular weight excluding hydrogens is 264 g/mol. The van der Waals surface area contributed by atoms with E-state index in [1.54, 1.807) is 6.20 Å². The van der Waals surface area contributed by atoms with E-state index in [9.17, 15) is 4.79 Å². The van der Waals surface area contributed by atoms with Gasteiger partial charge in [0.1, 0.15) is 0 Å². The maximum absolute atomic E-state index is 12.6. The predicted octanol–water partition coefficient (Wildman–Crippen LogP) is 2.63. The third kappa shape index (κ3) is 2.04. The molecule has 0 bridgehead atoms. The van der Waals surface area contributed by atoms with Crippen LogP contribution in [0, 0.1) is 13.8 Å². The lowest BCUT2D eigenvalue weighted by molar-refractivity contribution is 0.0714. The lowest BCUT2D eigenvalue weighted by Crippen LogP contribution is -2.28. The third-order valence-corrected chi connectivity index (χ3v) is 4.32. The minimum atomic E-state index is 0.00648. The first kappa shape index (κ1) is 13.8. The summed E-state index contributed by atoms with van der Waals surface area (Å²) in [6.45, 7) is 9.65. The molecule has 0 saturated heterocycles. The fourth-order valence-electron chi connectivity index (χ4n) is 3.24. The van der Waals surface area contributed by atoms with Crippen molar-refractivity contribution in [3.05, 3.63) is 46.5 Å². The van der Waals surface area contributed by atoms with Crippen LogP contribution in [0.3, 0.4) is 0 Å². The molecule has 0 aliphatic carbocycles. The van der Waals surface area contributed by atoms with Crippen LogP contribution < -0.4 is 0 Å². The summed E-state index contributed by atoms with van der Waals surface area (Å²) in [6.07, 6.45) is 1.74. The molecular formula is C16H20N4O. The Bertz CT molecular complexity index is 704. The number of carbonyl (C=O) groups is 1. The van der Waals surface area contributed by atoms with Gasteiger partial charge >= 0.3 is 0 Å². The van der Waals surface area contributed by atoms with Crippen molar-refractivity contribution in [2.24, 2.45) is 0 Å². The second kappa shape index (κ2) is 4.98. The molecule has 110 valence electrons. The topological polar surface area (TPSA) is 51.0 Å². The maximum atomic E-state index is 12.6. The Labute approximate surface area is 124 Å². The van der Waals surface area contributed by atoms with Crippen molar-refractivity contribution in [2.45, 2.75) is 46.8 Å². The molecule has 3 rings (SSSR count). The van der Waals surface area contributed by atoms with Crippen molar-refractivity contribution in [2.75, 3.05) is 0 Å². The second-order valence-corrected chi connectivity index (χ2v) is 5.51. The minimum Gasteiger partial charge on any atom is -0.326 e. The normalized spacial score (nSPS) is 15.4. The molecule has 0 saturated carbocycles. The summed E-state index contributed by atoms with van der Waals surface area (Å²) < 4.78 is 1.99. The molecule has 2 aromatic rings. The van der Waals surface area contributed by atoms with Crippen LogP contribution in [0.2, 0.25) is 0 Å². The van der Waals surface area contributed by atoms with Crippen molar-refractivity contribution in [1.29, 1.82) is 0 Å². The summed E-state index contributed by atoms with van der Waals surface area (Å²) in [5.74, 6) is 0.0636. The molecule has 5 nitrogen and oxygen atoms in total. The number of hydrogen-bond acceptors (Lipinski definition) is 3. The molecule has 1 aliphatic heterocycles. The number of rotatable bonds is 3. The number of amides is 1. The van der Waals surface area contributed by atoms with Crippen molar-refractivity contribution >= 4 is 5.91 Å². The summed E-state index contributed by atoms with van der Waals surface area (Å²) in [4.78, 5) is 18.8. The third-order valence-electron chi connectivity index (χ3n) is 4.32. The van der Waals surface area contributed by atoms with Crippen LogP contribution >= 0.6 is 0 Å². The average Bonchev–Trinajstić information content (AvgIpc) is 2.96. The highest BCUT2D eigenvalue weighted by atomic mass is 16.2. The van der Waals surface area contributed by atoms with Gasteiger partial charge in [0, 0.05) is 24.0 Å². The Balaban J connectivity index is 1.96. The SMILES string of the molecule is CCn1nc(C)c(C(C)N2Cc3ncccc3C2=O)c1C. The summed E-state index contributed by atoms with van der Waals surface area (Å²) in [6, 6.07) is 3.68. The van der Waals surface area contributed by atoms with Crippen LogP contribution in [0.15, 0.2) is 18.3 Å². The first-order chi connectivity index (χ1) is 10.0. The monoisotopic (exact) mass is 284 g/mol. The first-order valence-electron chi connectivity index (χ1n) is 7.33. The van der Waals surface area contributed by atoms with Gasteiger partial charge in [0.15, 0.2) is 0 Å². The smallest absolute Gasteiger partial charge is 0.256 e. The van der Waals surface area contributed by atoms with Gasteiger partial charge in [0.2, 0.25) is 0 Å². The summed E-state index contributed by atoms with van der Waals surface area (Å²) in [7, 11) is 0. The van der Waals surface area contributed by atoms with Crippen molar-refractivity contribution in [3.8, 4) is 0 Å². The van der Waals surface area contributed by atoms with Crippen LogP contribution in [0.25, 0.3) is 0 Å². The molecule has 0 aromatic carbocycles. The molecule has 5 heteroatoms. The number of pyridine rings is 1. The van der Waals surface area contributed by atoms with E-state index in [2.05, 4.69) is 30.9 Å². The molecule has 3 heterocycles. The van der Waals surface area contributed by atoms with Crippen LogP contribution in [0.4, 0.5) is 0 Å².